The number of hydrogen-bond donors (Lipinski definition) is 1. The Morgan fingerprint density at radius 1 is 1.33 bits per heavy atom. The van der Waals surface area contributed by atoms with Gasteiger partial charge in [-0.05, 0) is 24.1 Å². The molecule has 0 aromatic heterocycles. The van der Waals surface area contributed by atoms with Crippen molar-refractivity contribution < 1.29 is 8.78 Å². The van der Waals surface area contributed by atoms with E-state index in [1.54, 1.807) is 6.08 Å². The zero-order valence-electron chi connectivity index (χ0n) is 6.58. The molecule has 12 heavy (non-hydrogen) atoms. The van der Waals surface area contributed by atoms with Gasteiger partial charge >= 0.3 is 0 Å². The van der Waals surface area contributed by atoms with Crippen molar-refractivity contribution in [2.24, 2.45) is 11.7 Å². The van der Waals surface area contributed by atoms with E-state index in [-0.39, 0.29) is 12.0 Å². The first-order valence-corrected chi connectivity index (χ1v) is 4.12. The molecule has 0 spiro atoms. The molecular weight excluding hydrogens is 160 g/mol. The van der Waals surface area contributed by atoms with E-state index in [4.69, 9.17) is 5.73 Å². The largest absolute Gasteiger partial charge is 0.327 e. The lowest BCUT2D eigenvalue weighted by Crippen LogP contribution is -2.17. The molecule has 0 saturated heterocycles. The Morgan fingerprint density at radius 2 is 2.00 bits per heavy atom. The van der Waals surface area contributed by atoms with Gasteiger partial charge in [-0.15, -0.1) is 0 Å². The monoisotopic (exact) mass is 171 g/mol. The molecule has 0 heterocycles. The van der Waals surface area contributed by atoms with Crippen LogP contribution >= 0.6 is 0 Å². The average molecular weight is 171 g/mol. The summed E-state index contributed by atoms with van der Waals surface area (Å²) in [6.07, 6.45) is 2.23. The van der Waals surface area contributed by atoms with Crippen molar-refractivity contribution in [2.45, 2.75) is 24.8 Å². The third-order valence-corrected chi connectivity index (χ3v) is 2.40. The fourth-order valence-corrected chi connectivity index (χ4v) is 1.49. The third kappa shape index (κ3) is 1.29. The van der Waals surface area contributed by atoms with Gasteiger partial charge in [0.1, 0.15) is 0 Å². The second kappa shape index (κ2) is 2.66. The van der Waals surface area contributed by atoms with E-state index in [9.17, 15) is 8.78 Å². The molecule has 0 aliphatic heterocycles. The maximum absolute atomic E-state index is 12.8. The molecule has 0 bridgehead atoms. The first-order valence-electron chi connectivity index (χ1n) is 4.12. The number of hydrogen-bond acceptors (Lipinski definition) is 1. The molecule has 1 fully saturated rings. The quantitative estimate of drug-likeness (QED) is 0.635. The number of alkyl halides is 2. The second-order valence-electron chi connectivity index (χ2n) is 3.42. The molecule has 0 amide bonds. The van der Waals surface area contributed by atoms with Crippen LogP contribution in [0.25, 0.3) is 0 Å². The van der Waals surface area contributed by atoms with Gasteiger partial charge in [-0.25, -0.2) is 8.78 Å². The maximum Gasteiger partial charge on any atom is 0.154 e. The van der Waals surface area contributed by atoms with E-state index in [1.165, 1.54) is 12.2 Å². The van der Waals surface area contributed by atoms with Crippen LogP contribution in [0, 0.1) is 5.92 Å². The summed E-state index contributed by atoms with van der Waals surface area (Å²) in [5.41, 5.74) is 6.45. The van der Waals surface area contributed by atoms with E-state index in [1.807, 2.05) is 0 Å². The molecule has 0 radical (unpaired) electrons. The molecule has 4 atom stereocenters. The van der Waals surface area contributed by atoms with Crippen molar-refractivity contribution in [3.8, 4) is 0 Å². The van der Waals surface area contributed by atoms with Crippen LogP contribution in [-0.2, 0) is 0 Å². The topological polar surface area (TPSA) is 26.0 Å². The molecule has 2 unspecified atom stereocenters. The van der Waals surface area contributed by atoms with Gasteiger partial charge < -0.3 is 5.73 Å². The van der Waals surface area contributed by atoms with Gasteiger partial charge in [0, 0.05) is 12.0 Å². The van der Waals surface area contributed by atoms with Gasteiger partial charge in [-0.2, -0.15) is 0 Å². The van der Waals surface area contributed by atoms with Gasteiger partial charge in [0.15, 0.2) is 12.3 Å². The minimum Gasteiger partial charge on any atom is -0.327 e. The minimum atomic E-state index is -1.47. The molecule has 0 aromatic rings. The normalized spacial score (nSPS) is 45.8. The van der Waals surface area contributed by atoms with E-state index >= 15 is 0 Å². The fraction of sp³-hybridized carbons (Fsp3) is 0.556. The number of halogens is 2. The molecule has 2 aliphatic rings. The first-order chi connectivity index (χ1) is 5.68. The summed E-state index contributed by atoms with van der Waals surface area (Å²) < 4.78 is 25.4. The average Bonchev–Trinajstić information content (AvgIpc) is 2.73. The molecule has 1 saturated carbocycles. The van der Waals surface area contributed by atoms with Crippen molar-refractivity contribution in [1.82, 2.24) is 0 Å². The van der Waals surface area contributed by atoms with Crippen LogP contribution in [0.1, 0.15) is 6.42 Å². The third-order valence-electron chi connectivity index (χ3n) is 2.40. The van der Waals surface area contributed by atoms with E-state index in [0.29, 0.717) is 0 Å². The Morgan fingerprint density at radius 3 is 2.50 bits per heavy atom. The minimum absolute atomic E-state index is 0.157. The highest BCUT2D eigenvalue weighted by Gasteiger charge is 2.37. The van der Waals surface area contributed by atoms with Crippen LogP contribution < -0.4 is 5.73 Å². The lowest BCUT2D eigenvalue weighted by molar-refractivity contribution is 0.244. The molecule has 3 heteroatoms. The van der Waals surface area contributed by atoms with Crippen molar-refractivity contribution in [3.63, 3.8) is 0 Å². The Balaban J connectivity index is 2.08. The molecule has 1 nitrogen and oxygen atoms in total. The van der Waals surface area contributed by atoms with Crippen molar-refractivity contribution in [1.29, 1.82) is 0 Å². The SMILES string of the molecule is N[C@@H]1C[C@H]1C1=CC(F)C(F)C=C1. The lowest BCUT2D eigenvalue weighted by atomic mass is 10.0. The zero-order chi connectivity index (χ0) is 8.72. The summed E-state index contributed by atoms with van der Waals surface area (Å²) >= 11 is 0. The van der Waals surface area contributed by atoms with E-state index in [2.05, 4.69) is 0 Å². The predicted molar refractivity (Wildman–Crippen MR) is 43.1 cm³/mol. The van der Waals surface area contributed by atoms with Crippen LogP contribution in [0.15, 0.2) is 23.8 Å². The number of allylic oxidation sites excluding steroid dienone is 3. The fourth-order valence-electron chi connectivity index (χ4n) is 1.49. The van der Waals surface area contributed by atoms with E-state index in [0.717, 1.165) is 12.0 Å². The van der Waals surface area contributed by atoms with Crippen molar-refractivity contribution in [2.75, 3.05) is 0 Å². The summed E-state index contributed by atoms with van der Waals surface area (Å²) in [5, 5.41) is 0. The number of nitrogens with two attached hydrogens (primary N) is 1. The van der Waals surface area contributed by atoms with Crippen LogP contribution in [-0.4, -0.2) is 18.4 Å². The summed E-state index contributed by atoms with van der Waals surface area (Å²) in [5.74, 6) is 0.270. The zero-order valence-corrected chi connectivity index (χ0v) is 6.58. The Labute approximate surface area is 69.9 Å². The Hall–Kier alpha value is -0.700. The standard InChI is InChI=1S/C9H11F2N/c10-7-2-1-5(3-8(7)11)6-4-9(6)12/h1-3,6-9H,4,12H2/t6-,7?,8?,9+/m0/s1. The van der Waals surface area contributed by atoms with Crippen LogP contribution in [0.4, 0.5) is 8.78 Å². The lowest BCUT2D eigenvalue weighted by Gasteiger charge is -2.13. The second-order valence-corrected chi connectivity index (χ2v) is 3.42. The number of rotatable bonds is 1. The first kappa shape index (κ1) is 7.92. The predicted octanol–water partition coefficient (Wildman–Crippen LogP) is 1.51. The van der Waals surface area contributed by atoms with E-state index < -0.39 is 12.3 Å². The Kier molecular flexibility index (Phi) is 1.76. The van der Waals surface area contributed by atoms with Crippen LogP contribution in [0.2, 0.25) is 0 Å². The smallest absolute Gasteiger partial charge is 0.154 e. The molecule has 2 rings (SSSR count). The van der Waals surface area contributed by atoms with Crippen LogP contribution in [0.5, 0.6) is 0 Å². The van der Waals surface area contributed by atoms with Crippen molar-refractivity contribution >= 4 is 0 Å². The molecule has 2 aliphatic carbocycles. The van der Waals surface area contributed by atoms with Gasteiger partial charge in [0.05, 0.1) is 0 Å². The van der Waals surface area contributed by atoms with Gasteiger partial charge in [0.2, 0.25) is 0 Å². The summed E-state index contributed by atoms with van der Waals surface area (Å²) in [4.78, 5) is 0. The maximum atomic E-state index is 12.8. The van der Waals surface area contributed by atoms with Gasteiger partial charge in [-0.3, -0.25) is 0 Å². The van der Waals surface area contributed by atoms with Gasteiger partial charge in [0.25, 0.3) is 0 Å². The van der Waals surface area contributed by atoms with Crippen LogP contribution in [0.3, 0.4) is 0 Å². The summed E-state index contributed by atoms with van der Waals surface area (Å²) in [7, 11) is 0. The highest BCUT2D eigenvalue weighted by atomic mass is 19.2. The van der Waals surface area contributed by atoms with Crippen molar-refractivity contribution in [3.05, 3.63) is 23.8 Å². The highest BCUT2D eigenvalue weighted by molar-refractivity contribution is 5.34. The summed E-state index contributed by atoms with van der Waals surface area (Å²) in [6.45, 7) is 0. The Bertz CT molecular complexity index is 247. The molecule has 2 N–H and O–H groups in total. The molecule has 66 valence electrons. The highest BCUT2D eigenvalue weighted by Crippen LogP contribution is 2.38. The molecule has 0 aromatic carbocycles. The van der Waals surface area contributed by atoms with Gasteiger partial charge in [-0.1, -0.05) is 6.08 Å². The summed E-state index contributed by atoms with van der Waals surface area (Å²) in [6, 6.07) is 0.157. The molecular formula is C9H11F2N.